The summed E-state index contributed by atoms with van der Waals surface area (Å²) in [5.74, 6) is 0.154. The molecule has 0 aliphatic carbocycles. The maximum absolute atomic E-state index is 13.0. The Bertz CT molecular complexity index is 760. The Morgan fingerprint density at radius 3 is 2.79 bits per heavy atom. The molecule has 2 heterocycles. The van der Waals surface area contributed by atoms with Gasteiger partial charge in [0.15, 0.2) is 0 Å². The molecule has 0 unspecified atom stereocenters. The third-order valence-corrected chi connectivity index (χ3v) is 3.77. The standard InChI is InChI=1S/C12H6Cl2FN3S/c13-8-5-6(15)1-2-9(8)16-10-7-3-4-19-11(7)18-12(14)17-10/h1-5H,(H,16,17,18). The fourth-order valence-electron chi connectivity index (χ4n) is 1.64. The first-order valence-corrected chi connectivity index (χ1v) is 6.90. The van der Waals surface area contributed by atoms with Gasteiger partial charge in [0, 0.05) is 0 Å². The van der Waals surface area contributed by atoms with Gasteiger partial charge >= 0.3 is 0 Å². The van der Waals surface area contributed by atoms with Crippen LogP contribution < -0.4 is 5.32 Å². The first-order valence-electron chi connectivity index (χ1n) is 5.26. The summed E-state index contributed by atoms with van der Waals surface area (Å²) < 4.78 is 13.0. The van der Waals surface area contributed by atoms with Gasteiger partial charge in [-0.2, -0.15) is 4.98 Å². The number of thiophene rings is 1. The Morgan fingerprint density at radius 2 is 2.00 bits per heavy atom. The number of benzene rings is 1. The van der Waals surface area contributed by atoms with Gasteiger partial charge in [-0.3, -0.25) is 0 Å². The SMILES string of the molecule is Fc1ccc(Nc2nc(Cl)nc3sccc23)c(Cl)c1. The van der Waals surface area contributed by atoms with Crippen LogP contribution in [-0.4, -0.2) is 9.97 Å². The van der Waals surface area contributed by atoms with E-state index in [1.165, 1.54) is 23.5 Å². The molecule has 0 amide bonds. The van der Waals surface area contributed by atoms with Crippen LogP contribution >= 0.6 is 34.5 Å². The first-order chi connectivity index (χ1) is 9.13. The number of hydrogen-bond acceptors (Lipinski definition) is 4. The minimum atomic E-state index is -0.392. The summed E-state index contributed by atoms with van der Waals surface area (Å²) in [6.45, 7) is 0. The molecule has 0 aliphatic rings. The van der Waals surface area contributed by atoms with Gasteiger partial charge in [0.05, 0.1) is 16.1 Å². The predicted molar refractivity (Wildman–Crippen MR) is 77.1 cm³/mol. The molecule has 0 saturated carbocycles. The number of nitrogens with zero attached hydrogens (tertiary/aromatic N) is 2. The van der Waals surface area contributed by atoms with Crippen LogP contribution in [0.25, 0.3) is 10.2 Å². The second-order valence-electron chi connectivity index (χ2n) is 3.73. The van der Waals surface area contributed by atoms with Crippen molar-refractivity contribution in [2.45, 2.75) is 0 Å². The third-order valence-electron chi connectivity index (χ3n) is 2.48. The van der Waals surface area contributed by atoms with E-state index in [1.807, 2.05) is 11.4 Å². The van der Waals surface area contributed by atoms with Gasteiger partial charge in [0.1, 0.15) is 16.5 Å². The molecule has 1 N–H and O–H groups in total. The van der Waals surface area contributed by atoms with Gasteiger partial charge in [-0.1, -0.05) is 11.6 Å². The monoisotopic (exact) mass is 313 g/mol. The van der Waals surface area contributed by atoms with Crippen molar-refractivity contribution in [1.82, 2.24) is 9.97 Å². The largest absolute Gasteiger partial charge is 0.338 e. The Balaban J connectivity index is 2.07. The first kappa shape index (κ1) is 12.6. The van der Waals surface area contributed by atoms with Crippen LogP contribution in [0.2, 0.25) is 10.3 Å². The van der Waals surface area contributed by atoms with Crippen molar-refractivity contribution in [3.63, 3.8) is 0 Å². The minimum absolute atomic E-state index is 0.149. The lowest BCUT2D eigenvalue weighted by molar-refractivity contribution is 0.628. The van der Waals surface area contributed by atoms with E-state index in [2.05, 4.69) is 15.3 Å². The van der Waals surface area contributed by atoms with Crippen molar-refractivity contribution in [3.8, 4) is 0 Å². The predicted octanol–water partition coefficient (Wildman–Crippen LogP) is 4.88. The maximum atomic E-state index is 13.0. The molecule has 0 aliphatic heterocycles. The van der Waals surface area contributed by atoms with E-state index < -0.39 is 5.82 Å². The van der Waals surface area contributed by atoms with Crippen molar-refractivity contribution in [2.75, 3.05) is 5.32 Å². The second kappa shape index (κ2) is 4.92. The van der Waals surface area contributed by atoms with Crippen LogP contribution in [0.3, 0.4) is 0 Å². The van der Waals surface area contributed by atoms with Gasteiger partial charge in [0.25, 0.3) is 0 Å². The number of aromatic nitrogens is 2. The molecule has 0 atom stereocenters. The van der Waals surface area contributed by atoms with Crippen LogP contribution in [0.4, 0.5) is 15.9 Å². The average molecular weight is 314 g/mol. The molecule has 96 valence electrons. The zero-order chi connectivity index (χ0) is 13.4. The quantitative estimate of drug-likeness (QED) is 0.685. The Labute approximate surface area is 122 Å². The molecule has 3 nitrogen and oxygen atoms in total. The number of hydrogen-bond donors (Lipinski definition) is 1. The fourth-order valence-corrected chi connectivity index (χ4v) is 2.84. The number of anilines is 2. The number of nitrogens with one attached hydrogen (secondary N) is 1. The molecule has 2 aromatic heterocycles. The zero-order valence-corrected chi connectivity index (χ0v) is 11.7. The zero-order valence-electron chi connectivity index (χ0n) is 9.32. The minimum Gasteiger partial charge on any atom is -0.338 e. The molecule has 0 bridgehead atoms. The van der Waals surface area contributed by atoms with Crippen LogP contribution in [0, 0.1) is 5.82 Å². The number of fused-ring (bicyclic) bond motifs is 1. The van der Waals surface area contributed by atoms with E-state index >= 15 is 0 Å². The van der Waals surface area contributed by atoms with E-state index in [1.54, 1.807) is 6.07 Å². The van der Waals surface area contributed by atoms with Gasteiger partial charge in [-0.15, -0.1) is 11.3 Å². The Morgan fingerprint density at radius 1 is 1.16 bits per heavy atom. The van der Waals surface area contributed by atoms with Crippen molar-refractivity contribution < 1.29 is 4.39 Å². The lowest BCUT2D eigenvalue weighted by atomic mass is 10.3. The smallest absolute Gasteiger partial charge is 0.225 e. The van der Waals surface area contributed by atoms with Gasteiger partial charge in [-0.05, 0) is 41.2 Å². The lowest BCUT2D eigenvalue weighted by Gasteiger charge is -2.08. The highest BCUT2D eigenvalue weighted by atomic mass is 35.5. The van der Waals surface area contributed by atoms with Crippen molar-refractivity contribution in [1.29, 1.82) is 0 Å². The molecular formula is C12H6Cl2FN3S. The average Bonchev–Trinajstić information content (AvgIpc) is 2.80. The Hall–Kier alpha value is -1.43. The highest BCUT2D eigenvalue weighted by molar-refractivity contribution is 7.16. The highest BCUT2D eigenvalue weighted by Gasteiger charge is 2.10. The number of halogens is 3. The summed E-state index contributed by atoms with van der Waals surface area (Å²) in [5, 5.41) is 6.21. The normalized spacial score (nSPS) is 10.9. The second-order valence-corrected chi connectivity index (χ2v) is 5.37. The topological polar surface area (TPSA) is 37.8 Å². The van der Waals surface area contributed by atoms with Crippen molar-refractivity contribution in [3.05, 3.63) is 45.8 Å². The molecule has 0 fully saturated rings. The fraction of sp³-hybridized carbons (Fsp3) is 0. The lowest BCUT2D eigenvalue weighted by Crippen LogP contribution is -1.96. The highest BCUT2D eigenvalue weighted by Crippen LogP contribution is 2.31. The molecule has 0 saturated heterocycles. The van der Waals surface area contributed by atoms with Gasteiger partial charge in [0.2, 0.25) is 5.28 Å². The maximum Gasteiger partial charge on any atom is 0.225 e. The van der Waals surface area contributed by atoms with E-state index in [0.717, 1.165) is 10.2 Å². The van der Waals surface area contributed by atoms with E-state index in [0.29, 0.717) is 11.5 Å². The molecule has 1 aromatic carbocycles. The summed E-state index contributed by atoms with van der Waals surface area (Å²) in [4.78, 5) is 9.02. The summed E-state index contributed by atoms with van der Waals surface area (Å²) in [6, 6.07) is 5.99. The van der Waals surface area contributed by atoms with Crippen molar-refractivity contribution in [2.24, 2.45) is 0 Å². The molecule has 19 heavy (non-hydrogen) atoms. The number of rotatable bonds is 2. The summed E-state index contributed by atoms with van der Waals surface area (Å²) in [7, 11) is 0. The van der Waals surface area contributed by atoms with Crippen LogP contribution in [-0.2, 0) is 0 Å². The third kappa shape index (κ3) is 2.49. The Kier molecular flexibility index (Phi) is 3.26. The molecule has 3 aromatic rings. The molecular weight excluding hydrogens is 308 g/mol. The summed E-state index contributed by atoms with van der Waals surface area (Å²) in [5.41, 5.74) is 0.560. The van der Waals surface area contributed by atoms with E-state index in [4.69, 9.17) is 23.2 Å². The van der Waals surface area contributed by atoms with Gasteiger partial charge < -0.3 is 5.32 Å². The summed E-state index contributed by atoms with van der Waals surface area (Å²) >= 11 is 13.3. The van der Waals surface area contributed by atoms with E-state index in [9.17, 15) is 4.39 Å². The molecule has 0 radical (unpaired) electrons. The van der Waals surface area contributed by atoms with E-state index in [-0.39, 0.29) is 10.3 Å². The van der Waals surface area contributed by atoms with Crippen LogP contribution in [0.5, 0.6) is 0 Å². The van der Waals surface area contributed by atoms with Crippen LogP contribution in [0.1, 0.15) is 0 Å². The van der Waals surface area contributed by atoms with Gasteiger partial charge in [-0.25, -0.2) is 9.37 Å². The van der Waals surface area contributed by atoms with Crippen LogP contribution in [0.15, 0.2) is 29.6 Å². The molecule has 7 heteroatoms. The summed E-state index contributed by atoms with van der Waals surface area (Å²) in [6.07, 6.45) is 0. The molecule has 3 rings (SSSR count). The van der Waals surface area contributed by atoms with Crippen molar-refractivity contribution >= 4 is 56.3 Å². The molecule has 0 spiro atoms.